The summed E-state index contributed by atoms with van der Waals surface area (Å²) >= 11 is 0. The summed E-state index contributed by atoms with van der Waals surface area (Å²) in [5.41, 5.74) is 0.578. The molecule has 0 unspecified atom stereocenters. The molecule has 84 valence electrons. The van der Waals surface area contributed by atoms with Gasteiger partial charge in [0.1, 0.15) is 0 Å². The molecule has 1 aliphatic rings. The number of rotatable bonds is 4. The molecule has 0 spiro atoms. The van der Waals surface area contributed by atoms with Crippen LogP contribution in [0.25, 0.3) is 0 Å². The van der Waals surface area contributed by atoms with Crippen LogP contribution in [0.3, 0.4) is 0 Å². The van der Waals surface area contributed by atoms with Crippen molar-refractivity contribution >= 4 is 5.97 Å². The van der Waals surface area contributed by atoms with Crippen molar-refractivity contribution in [2.45, 2.75) is 33.6 Å². The second-order valence-corrected chi connectivity index (χ2v) is 3.64. The summed E-state index contributed by atoms with van der Waals surface area (Å²) in [6, 6.07) is 0. The summed E-state index contributed by atoms with van der Waals surface area (Å²) in [6.45, 7) is 6.42. The topological polar surface area (TPSA) is 38.3 Å². The lowest BCUT2D eigenvalue weighted by Gasteiger charge is -2.32. The molecular formula is C12H19NO2. The highest BCUT2D eigenvalue weighted by molar-refractivity contribution is 5.90. The standard InChI is InChI=1S/C12H19NO2/c1-4-12(5-2)7-8-13-9-10(12)11(14)15-6-3/h7-9,13H,4-6H2,1-3H3. The summed E-state index contributed by atoms with van der Waals surface area (Å²) in [5, 5.41) is 2.95. The van der Waals surface area contributed by atoms with Crippen molar-refractivity contribution in [3.8, 4) is 0 Å². The van der Waals surface area contributed by atoms with Crippen LogP contribution >= 0.6 is 0 Å². The SMILES string of the molecule is CCOC(=O)C1=CNC=CC1(CC)CC. The molecule has 3 nitrogen and oxygen atoms in total. The Hall–Kier alpha value is -1.25. The molecule has 0 amide bonds. The van der Waals surface area contributed by atoms with E-state index in [1.807, 2.05) is 13.1 Å². The van der Waals surface area contributed by atoms with E-state index in [9.17, 15) is 4.79 Å². The van der Waals surface area contributed by atoms with Crippen molar-refractivity contribution in [3.63, 3.8) is 0 Å². The van der Waals surface area contributed by atoms with Crippen LogP contribution in [0.2, 0.25) is 0 Å². The van der Waals surface area contributed by atoms with Gasteiger partial charge in [0.2, 0.25) is 0 Å². The first-order valence-electron chi connectivity index (χ1n) is 5.51. The van der Waals surface area contributed by atoms with Gasteiger partial charge in [0.25, 0.3) is 0 Å². The fraction of sp³-hybridized carbons (Fsp3) is 0.583. The minimum absolute atomic E-state index is 0.155. The third-order valence-corrected chi connectivity index (χ3v) is 3.02. The molecule has 0 fully saturated rings. The van der Waals surface area contributed by atoms with Gasteiger partial charge in [-0.15, -0.1) is 0 Å². The lowest BCUT2D eigenvalue weighted by Crippen LogP contribution is -2.30. The van der Waals surface area contributed by atoms with E-state index in [0.29, 0.717) is 6.61 Å². The van der Waals surface area contributed by atoms with Crippen LogP contribution in [0.1, 0.15) is 33.6 Å². The zero-order valence-electron chi connectivity index (χ0n) is 9.67. The van der Waals surface area contributed by atoms with Gasteiger partial charge < -0.3 is 10.1 Å². The van der Waals surface area contributed by atoms with E-state index in [4.69, 9.17) is 4.74 Å². The molecule has 0 atom stereocenters. The van der Waals surface area contributed by atoms with Crippen molar-refractivity contribution in [1.29, 1.82) is 0 Å². The van der Waals surface area contributed by atoms with Crippen molar-refractivity contribution in [2.75, 3.05) is 6.61 Å². The average molecular weight is 209 g/mol. The Bertz CT molecular complexity index is 288. The summed E-state index contributed by atoms with van der Waals surface area (Å²) in [7, 11) is 0. The van der Waals surface area contributed by atoms with Crippen molar-refractivity contribution < 1.29 is 9.53 Å². The second-order valence-electron chi connectivity index (χ2n) is 3.64. The molecule has 0 aromatic rings. The van der Waals surface area contributed by atoms with E-state index in [1.54, 1.807) is 6.20 Å². The number of ether oxygens (including phenoxy) is 1. The predicted molar refractivity (Wildman–Crippen MR) is 60.0 cm³/mol. The maximum atomic E-state index is 11.8. The highest BCUT2D eigenvalue weighted by Crippen LogP contribution is 2.38. The molecule has 0 saturated carbocycles. The number of esters is 1. The Morgan fingerprint density at radius 3 is 2.60 bits per heavy atom. The lowest BCUT2D eigenvalue weighted by atomic mass is 9.75. The first-order valence-corrected chi connectivity index (χ1v) is 5.51. The first kappa shape index (κ1) is 11.8. The van der Waals surface area contributed by atoms with Crippen molar-refractivity contribution in [2.24, 2.45) is 5.41 Å². The van der Waals surface area contributed by atoms with Crippen LogP contribution in [-0.4, -0.2) is 12.6 Å². The zero-order valence-corrected chi connectivity index (χ0v) is 9.67. The quantitative estimate of drug-likeness (QED) is 0.722. The smallest absolute Gasteiger partial charge is 0.336 e. The van der Waals surface area contributed by atoms with Gasteiger partial charge in [0, 0.05) is 11.6 Å². The Kier molecular flexibility index (Phi) is 3.95. The third kappa shape index (κ3) is 2.22. The first-order chi connectivity index (χ1) is 7.20. The van der Waals surface area contributed by atoms with Gasteiger partial charge >= 0.3 is 5.97 Å². The van der Waals surface area contributed by atoms with Gasteiger partial charge in [-0.25, -0.2) is 4.79 Å². The van der Waals surface area contributed by atoms with Crippen LogP contribution in [0.5, 0.6) is 0 Å². The monoisotopic (exact) mass is 209 g/mol. The van der Waals surface area contributed by atoms with Gasteiger partial charge in [0.15, 0.2) is 0 Å². The molecule has 1 heterocycles. The van der Waals surface area contributed by atoms with Crippen LogP contribution < -0.4 is 5.32 Å². The number of carbonyl (C=O) groups excluding carboxylic acids is 1. The highest BCUT2D eigenvalue weighted by Gasteiger charge is 2.34. The van der Waals surface area contributed by atoms with E-state index in [-0.39, 0.29) is 11.4 Å². The molecule has 0 saturated heterocycles. The van der Waals surface area contributed by atoms with Gasteiger partial charge in [-0.2, -0.15) is 0 Å². The normalized spacial score (nSPS) is 17.9. The lowest BCUT2D eigenvalue weighted by molar-refractivity contribution is -0.139. The fourth-order valence-electron chi connectivity index (χ4n) is 1.91. The van der Waals surface area contributed by atoms with Gasteiger partial charge in [-0.05, 0) is 26.0 Å². The van der Waals surface area contributed by atoms with Gasteiger partial charge in [-0.3, -0.25) is 0 Å². The number of carbonyl (C=O) groups is 1. The largest absolute Gasteiger partial charge is 0.463 e. The average Bonchev–Trinajstić information content (AvgIpc) is 2.29. The molecule has 1 N–H and O–H groups in total. The van der Waals surface area contributed by atoms with E-state index < -0.39 is 0 Å². The molecule has 0 bridgehead atoms. The number of allylic oxidation sites excluding steroid dienone is 1. The highest BCUT2D eigenvalue weighted by atomic mass is 16.5. The summed E-state index contributed by atoms with van der Waals surface area (Å²) in [5.74, 6) is -0.210. The Balaban J connectivity index is 2.93. The fourth-order valence-corrected chi connectivity index (χ4v) is 1.91. The van der Waals surface area contributed by atoms with E-state index >= 15 is 0 Å². The van der Waals surface area contributed by atoms with Crippen LogP contribution in [0, 0.1) is 5.41 Å². The minimum atomic E-state index is -0.210. The summed E-state index contributed by atoms with van der Waals surface area (Å²) in [4.78, 5) is 11.8. The van der Waals surface area contributed by atoms with E-state index in [2.05, 4.69) is 25.2 Å². The number of dihydropyridines is 1. The third-order valence-electron chi connectivity index (χ3n) is 3.02. The number of hydrogen-bond acceptors (Lipinski definition) is 3. The maximum Gasteiger partial charge on any atom is 0.336 e. The molecule has 15 heavy (non-hydrogen) atoms. The van der Waals surface area contributed by atoms with Crippen molar-refractivity contribution in [1.82, 2.24) is 5.32 Å². The Morgan fingerprint density at radius 2 is 2.07 bits per heavy atom. The summed E-state index contributed by atoms with van der Waals surface area (Å²) in [6.07, 6.45) is 7.51. The Labute approximate surface area is 91.2 Å². The molecular weight excluding hydrogens is 190 g/mol. The number of hydrogen-bond donors (Lipinski definition) is 1. The van der Waals surface area contributed by atoms with E-state index in [1.165, 1.54) is 0 Å². The molecule has 0 radical (unpaired) electrons. The van der Waals surface area contributed by atoms with Crippen LogP contribution in [-0.2, 0) is 9.53 Å². The molecule has 0 aromatic heterocycles. The van der Waals surface area contributed by atoms with E-state index in [0.717, 1.165) is 18.4 Å². The number of nitrogens with one attached hydrogen (secondary N) is 1. The Morgan fingerprint density at radius 1 is 1.40 bits per heavy atom. The maximum absolute atomic E-state index is 11.8. The minimum Gasteiger partial charge on any atom is -0.463 e. The van der Waals surface area contributed by atoms with Crippen molar-refractivity contribution in [3.05, 3.63) is 24.0 Å². The summed E-state index contributed by atoms with van der Waals surface area (Å²) < 4.78 is 5.06. The molecule has 1 aliphatic heterocycles. The predicted octanol–water partition coefficient (Wildman–Crippen LogP) is 2.36. The van der Waals surface area contributed by atoms with Crippen LogP contribution in [0.15, 0.2) is 24.0 Å². The van der Waals surface area contributed by atoms with Gasteiger partial charge in [0.05, 0.1) is 12.2 Å². The zero-order chi connectivity index (χ0) is 11.3. The molecule has 0 aromatic carbocycles. The second kappa shape index (κ2) is 5.01. The molecule has 3 heteroatoms. The molecule has 0 aliphatic carbocycles. The molecule has 1 rings (SSSR count). The van der Waals surface area contributed by atoms with Gasteiger partial charge in [-0.1, -0.05) is 19.9 Å². The van der Waals surface area contributed by atoms with Crippen LogP contribution in [0.4, 0.5) is 0 Å².